The summed E-state index contributed by atoms with van der Waals surface area (Å²) in [5, 5.41) is 3.70. The molecule has 0 radical (unpaired) electrons. The summed E-state index contributed by atoms with van der Waals surface area (Å²) in [6.45, 7) is 0.431. The van der Waals surface area contributed by atoms with Gasteiger partial charge in [0.05, 0.1) is 0 Å². The number of halogens is 2. The van der Waals surface area contributed by atoms with Crippen LogP contribution in [0.5, 0.6) is 0 Å². The highest BCUT2D eigenvalue weighted by Gasteiger charge is 2.11. The van der Waals surface area contributed by atoms with Crippen molar-refractivity contribution in [1.82, 2.24) is 5.16 Å². The zero-order valence-electron chi connectivity index (χ0n) is 8.41. The Balaban J connectivity index is 2.35. The molecule has 1 heterocycles. The molecule has 1 aromatic heterocycles. The average molecular weight is 224 g/mol. The quantitative estimate of drug-likeness (QED) is 0.868. The van der Waals surface area contributed by atoms with Crippen LogP contribution in [0.4, 0.5) is 8.78 Å². The minimum atomic E-state index is -0.660. The molecule has 0 spiro atoms. The van der Waals surface area contributed by atoms with E-state index in [1.807, 2.05) is 0 Å². The summed E-state index contributed by atoms with van der Waals surface area (Å²) in [7, 11) is 0. The molecule has 3 nitrogen and oxygen atoms in total. The number of aromatic nitrogens is 1. The molecular weight excluding hydrogens is 214 g/mol. The van der Waals surface area contributed by atoms with Crippen LogP contribution in [-0.4, -0.2) is 11.7 Å². The molecule has 0 saturated heterocycles. The third-order valence-electron chi connectivity index (χ3n) is 2.16. The maximum absolute atomic E-state index is 13.4. The zero-order chi connectivity index (χ0) is 11.5. The lowest BCUT2D eigenvalue weighted by Crippen LogP contribution is -2.01. The predicted octanol–water partition coefficient (Wildman–Crippen LogP) is 2.12. The fraction of sp³-hybridized carbons (Fsp3) is 0.182. The Hall–Kier alpha value is -1.75. The van der Waals surface area contributed by atoms with Crippen LogP contribution < -0.4 is 5.73 Å². The van der Waals surface area contributed by atoms with Gasteiger partial charge < -0.3 is 10.3 Å². The van der Waals surface area contributed by atoms with Crippen LogP contribution in [0.2, 0.25) is 0 Å². The Morgan fingerprint density at radius 2 is 2.06 bits per heavy atom. The van der Waals surface area contributed by atoms with E-state index in [9.17, 15) is 8.78 Å². The van der Waals surface area contributed by atoms with Gasteiger partial charge in [-0.2, -0.15) is 0 Å². The molecule has 2 rings (SSSR count). The second kappa shape index (κ2) is 4.40. The van der Waals surface area contributed by atoms with E-state index in [1.165, 1.54) is 12.1 Å². The topological polar surface area (TPSA) is 52.0 Å². The molecule has 0 amide bonds. The third-order valence-corrected chi connectivity index (χ3v) is 2.16. The maximum Gasteiger partial charge on any atom is 0.138 e. The highest BCUT2D eigenvalue weighted by Crippen LogP contribution is 2.23. The lowest BCUT2D eigenvalue weighted by Gasteiger charge is -1.97. The van der Waals surface area contributed by atoms with Crippen LogP contribution in [0.1, 0.15) is 5.76 Å². The van der Waals surface area contributed by atoms with Gasteiger partial charge in [-0.25, -0.2) is 8.78 Å². The van der Waals surface area contributed by atoms with E-state index < -0.39 is 11.6 Å². The van der Waals surface area contributed by atoms with Gasteiger partial charge in [0.15, 0.2) is 0 Å². The van der Waals surface area contributed by atoms with E-state index in [-0.39, 0.29) is 5.56 Å². The first kappa shape index (κ1) is 10.8. The van der Waals surface area contributed by atoms with Crippen molar-refractivity contribution in [2.24, 2.45) is 5.73 Å². The SMILES string of the molecule is NCCc1cc(-c2ccc(F)cc2F)no1. The van der Waals surface area contributed by atoms with Gasteiger partial charge in [-0.3, -0.25) is 0 Å². The van der Waals surface area contributed by atoms with Crippen LogP contribution in [0.3, 0.4) is 0 Å². The highest BCUT2D eigenvalue weighted by atomic mass is 19.1. The van der Waals surface area contributed by atoms with Crippen molar-refractivity contribution in [3.63, 3.8) is 0 Å². The van der Waals surface area contributed by atoms with E-state index in [4.69, 9.17) is 10.3 Å². The summed E-state index contributed by atoms with van der Waals surface area (Å²) >= 11 is 0. The largest absolute Gasteiger partial charge is 0.361 e. The van der Waals surface area contributed by atoms with Crippen molar-refractivity contribution in [2.75, 3.05) is 6.54 Å². The van der Waals surface area contributed by atoms with Gasteiger partial charge in [0.2, 0.25) is 0 Å². The van der Waals surface area contributed by atoms with Crippen LogP contribution in [0.15, 0.2) is 28.8 Å². The lowest BCUT2D eigenvalue weighted by molar-refractivity contribution is 0.386. The molecule has 0 aliphatic carbocycles. The van der Waals surface area contributed by atoms with Crippen LogP contribution in [0.25, 0.3) is 11.3 Å². The maximum atomic E-state index is 13.4. The van der Waals surface area contributed by atoms with E-state index >= 15 is 0 Å². The molecule has 16 heavy (non-hydrogen) atoms. The molecular formula is C11H10F2N2O. The van der Waals surface area contributed by atoms with Crippen LogP contribution in [0, 0.1) is 11.6 Å². The summed E-state index contributed by atoms with van der Waals surface area (Å²) in [6.07, 6.45) is 0.538. The summed E-state index contributed by atoms with van der Waals surface area (Å²) in [5.74, 6) is -0.694. The third kappa shape index (κ3) is 2.09. The average Bonchev–Trinajstić information content (AvgIpc) is 2.67. The lowest BCUT2D eigenvalue weighted by atomic mass is 10.1. The van der Waals surface area contributed by atoms with Gasteiger partial charge in [-0.15, -0.1) is 0 Å². The summed E-state index contributed by atoms with van der Waals surface area (Å²) < 4.78 is 31.0. The van der Waals surface area contributed by atoms with E-state index in [0.29, 0.717) is 24.4 Å². The first-order valence-electron chi connectivity index (χ1n) is 4.82. The Morgan fingerprint density at radius 1 is 1.25 bits per heavy atom. The second-order valence-electron chi connectivity index (χ2n) is 3.34. The van der Waals surface area contributed by atoms with Crippen molar-refractivity contribution >= 4 is 0 Å². The molecule has 0 aliphatic rings. The Labute approximate surface area is 90.9 Å². The number of rotatable bonds is 3. The minimum absolute atomic E-state index is 0.216. The molecule has 0 unspecified atom stereocenters. The first-order chi connectivity index (χ1) is 7.70. The molecule has 1 aromatic carbocycles. The monoisotopic (exact) mass is 224 g/mol. The number of benzene rings is 1. The fourth-order valence-corrected chi connectivity index (χ4v) is 1.40. The van der Waals surface area contributed by atoms with E-state index in [1.54, 1.807) is 6.07 Å². The zero-order valence-corrected chi connectivity index (χ0v) is 8.41. The molecule has 0 aliphatic heterocycles. The van der Waals surface area contributed by atoms with Gasteiger partial charge in [0.25, 0.3) is 0 Å². The second-order valence-corrected chi connectivity index (χ2v) is 3.34. The Morgan fingerprint density at radius 3 is 2.75 bits per heavy atom. The van der Waals surface area contributed by atoms with Gasteiger partial charge in [0, 0.05) is 24.1 Å². The van der Waals surface area contributed by atoms with Gasteiger partial charge >= 0.3 is 0 Å². The summed E-state index contributed by atoms with van der Waals surface area (Å²) in [5.41, 5.74) is 5.91. The van der Waals surface area contributed by atoms with Crippen molar-refractivity contribution in [2.45, 2.75) is 6.42 Å². The predicted molar refractivity (Wildman–Crippen MR) is 54.6 cm³/mol. The number of hydrogen-bond acceptors (Lipinski definition) is 3. The van der Waals surface area contributed by atoms with E-state index in [2.05, 4.69) is 5.16 Å². The van der Waals surface area contributed by atoms with Gasteiger partial charge in [0.1, 0.15) is 23.1 Å². The molecule has 0 bridgehead atoms. The first-order valence-corrected chi connectivity index (χ1v) is 4.82. The van der Waals surface area contributed by atoms with E-state index in [0.717, 1.165) is 6.07 Å². The van der Waals surface area contributed by atoms with Crippen LogP contribution in [-0.2, 0) is 6.42 Å². The van der Waals surface area contributed by atoms with Crippen molar-refractivity contribution in [3.8, 4) is 11.3 Å². The molecule has 2 aromatic rings. The number of nitrogens with zero attached hydrogens (tertiary/aromatic N) is 1. The fourth-order valence-electron chi connectivity index (χ4n) is 1.40. The molecule has 2 N–H and O–H groups in total. The van der Waals surface area contributed by atoms with Crippen molar-refractivity contribution in [3.05, 3.63) is 41.7 Å². The highest BCUT2D eigenvalue weighted by molar-refractivity contribution is 5.59. The van der Waals surface area contributed by atoms with Gasteiger partial charge in [-0.05, 0) is 18.7 Å². The standard InChI is InChI=1S/C11H10F2N2O/c12-7-1-2-9(10(13)5-7)11-6-8(3-4-14)16-15-11/h1-2,5-6H,3-4,14H2. The molecule has 84 valence electrons. The Bertz CT molecular complexity index is 496. The number of hydrogen-bond donors (Lipinski definition) is 1. The molecule has 0 atom stereocenters. The van der Waals surface area contributed by atoms with Crippen molar-refractivity contribution in [1.29, 1.82) is 0 Å². The smallest absolute Gasteiger partial charge is 0.138 e. The Kier molecular flexibility index (Phi) is 2.96. The number of nitrogens with two attached hydrogens (primary N) is 1. The normalized spacial score (nSPS) is 10.7. The minimum Gasteiger partial charge on any atom is -0.361 e. The summed E-state index contributed by atoms with van der Waals surface area (Å²) in [6, 6.07) is 4.92. The van der Waals surface area contributed by atoms with Crippen LogP contribution >= 0.6 is 0 Å². The molecule has 0 fully saturated rings. The molecule has 0 saturated carbocycles. The summed E-state index contributed by atoms with van der Waals surface area (Å²) in [4.78, 5) is 0. The van der Waals surface area contributed by atoms with Gasteiger partial charge in [-0.1, -0.05) is 5.16 Å². The molecule has 5 heteroatoms. The van der Waals surface area contributed by atoms with Crippen molar-refractivity contribution < 1.29 is 13.3 Å².